The lowest BCUT2D eigenvalue weighted by Gasteiger charge is -2.24. The summed E-state index contributed by atoms with van der Waals surface area (Å²) >= 11 is 0. The number of carbonyl (C=O) groups excluding carboxylic acids is 2. The number of nitrogens with one attached hydrogen (secondary N) is 1. The zero-order valence-corrected chi connectivity index (χ0v) is 15.1. The molecule has 0 spiro atoms. The Morgan fingerprint density at radius 1 is 1.19 bits per heavy atom. The normalized spacial score (nSPS) is 23.9. The van der Waals surface area contributed by atoms with E-state index < -0.39 is 12.3 Å². The van der Waals surface area contributed by atoms with Crippen LogP contribution in [0, 0.1) is 17.8 Å². The Balaban J connectivity index is 1.44. The van der Waals surface area contributed by atoms with Gasteiger partial charge in [-0.05, 0) is 61.3 Å². The molecule has 2 bridgehead atoms. The molecule has 1 aromatic rings. The number of likely N-dealkylation sites (N-methyl/N-ethyl adjacent to an activating group) is 1. The second kappa shape index (κ2) is 7.78. The van der Waals surface area contributed by atoms with Crippen LogP contribution in [0.2, 0.25) is 0 Å². The summed E-state index contributed by atoms with van der Waals surface area (Å²) < 4.78 is 40.2. The first-order chi connectivity index (χ1) is 12.7. The first-order valence-corrected chi connectivity index (χ1v) is 9.09. The van der Waals surface area contributed by atoms with E-state index in [9.17, 15) is 22.8 Å². The van der Waals surface area contributed by atoms with Crippen LogP contribution in [-0.2, 0) is 9.59 Å². The zero-order chi connectivity index (χ0) is 19.6. The number of halogens is 3. The molecule has 2 aliphatic carbocycles. The van der Waals surface area contributed by atoms with Gasteiger partial charge in [-0.1, -0.05) is 6.42 Å². The Morgan fingerprint density at radius 2 is 1.89 bits per heavy atom. The average Bonchev–Trinajstić information content (AvgIpc) is 3.18. The molecular formula is C19H23F3N2O3. The van der Waals surface area contributed by atoms with Crippen molar-refractivity contribution in [3.63, 3.8) is 0 Å². The molecular weight excluding hydrogens is 361 g/mol. The van der Waals surface area contributed by atoms with Gasteiger partial charge in [0.05, 0.1) is 6.54 Å². The summed E-state index contributed by atoms with van der Waals surface area (Å²) in [5, 5.41) is 2.57. The number of hydrogen-bond acceptors (Lipinski definition) is 3. The molecule has 0 unspecified atom stereocenters. The molecule has 8 heteroatoms. The Bertz CT molecular complexity index is 690. The van der Waals surface area contributed by atoms with Crippen molar-refractivity contribution >= 4 is 17.5 Å². The monoisotopic (exact) mass is 384 g/mol. The number of carbonyl (C=O) groups is 2. The second-order valence-corrected chi connectivity index (χ2v) is 7.51. The number of benzene rings is 1. The van der Waals surface area contributed by atoms with E-state index in [1.807, 2.05) is 0 Å². The van der Waals surface area contributed by atoms with Crippen molar-refractivity contribution in [1.29, 1.82) is 0 Å². The maximum Gasteiger partial charge on any atom is 0.573 e. The standard InChI is InChI=1S/C19H23F3N2O3/c1-24(18(26)10-14-9-12-2-3-13(14)8-12)11-17(25)23-15-4-6-16(7-5-15)27-19(20,21)22/h4-7,12-14H,2-3,8-11H2,1H3,(H,23,25)/t12-,13-,14-/m0/s1. The summed E-state index contributed by atoms with van der Waals surface area (Å²) in [5.41, 5.74) is 0.337. The number of alkyl halides is 3. The van der Waals surface area contributed by atoms with Gasteiger partial charge in [-0.2, -0.15) is 0 Å². The highest BCUT2D eigenvalue weighted by molar-refractivity contribution is 5.94. The SMILES string of the molecule is CN(CC(=O)Nc1ccc(OC(F)(F)F)cc1)C(=O)C[C@@H]1C[C@H]2CC[C@H]1C2. The van der Waals surface area contributed by atoms with Crippen molar-refractivity contribution in [3.8, 4) is 5.75 Å². The van der Waals surface area contributed by atoms with Crippen LogP contribution in [0.15, 0.2) is 24.3 Å². The average molecular weight is 384 g/mol. The predicted octanol–water partition coefficient (Wildman–Crippen LogP) is 3.81. The van der Waals surface area contributed by atoms with Crippen LogP contribution in [0.4, 0.5) is 18.9 Å². The number of nitrogens with zero attached hydrogens (tertiary/aromatic N) is 1. The van der Waals surface area contributed by atoms with Crippen LogP contribution in [0.25, 0.3) is 0 Å². The number of amides is 2. The van der Waals surface area contributed by atoms with Gasteiger partial charge in [-0.15, -0.1) is 13.2 Å². The maximum atomic E-state index is 12.4. The molecule has 2 amide bonds. The number of hydrogen-bond donors (Lipinski definition) is 1. The molecule has 0 radical (unpaired) electrons. The topological polar surface area (TPSA) is 58.6 Å². The number of rotatable bonds is 6. The van der Waals surface area contributed by atoms with E-state index in [2.05, 4.69) is 10.1 Å². The molecule has 0 heterocycles. The van der Waals surface area contributed by atoms with Crippen LogP contribution in [0.3, 0.4) is 0 Å². The summed E-state index contributed by atoms with van der Waals surface area (Å²) in [7, 11) is 1.59. The molecule has 2 fully saturated rings. The lowest BCUT2D eigenvalue weighted by Crippen LogP contribution is -2.36. The molecule has 148 valence electrons. The quantitative estimate of drug-likeness (QED) is 0.812. The van der Waals surface area contributed by atoms with Gasteiger partial charge < -0.3 is 15.0 Å². The Hall–Kier alpha value is -2.25. The molecule has 0 aromatic heterocycles. The third-order valence-electron chi connectivity index (χ3n) is 5.50. The summed E-state index contributed by atoms with van der Waals surface area (Å²) in [6.07, 6.45) is 0.557. The molecule has 1 N–H and O–H groups in total. The number of ether oxygens (including phenoxy) is 1. The third kappa shape index (κ3) is 5.37. The fraction of sp³-hybridized carbons (Fsp3) is 0.579. The zero-order valence-electron chi connectivity index (χ0n) is 15.1. The molecule has 1 aromatic carbocycles. The minimum absolute atomic E-state index is 0.0448. The minimum Gasteiger partial charge on any atom is -0.406 e. The number of fused-ring (bicyclic) bond motifs is 2. The summed E-state index contributed by atoms with van der Waals surface area (Å²) in [4.78, 5) is 25.9. The Morgan fingerprint density at radius 3 is 2.44 bits per heavy atom. The van der Waals surface area contributed by atoms with Gasteiger partial charge in [-0.3, -0.25) is 9.59 Å². The fourth-order valence-electron chi connectivity index (χ4n) is 4.25. The lowest BCUT2D eigenvalue weighted by atomic mass is 9.86. The molecule has 3 atom stereocenters. The Kier molecular flexibility index (Phi) is 5.62. The van der Waals surface area contributed by atoms with Crippen molar-refractivity contribution in [2.45, 2.75) is 38.5 Å². The van der Waals surface area contributed by atoms with Crippen LogP contribution >= 0.6 is 0 Å². The molecule has 27 heavy (non-hydrogen) atoms. The first kappa shape index (κ1) is 19.5. The summed E-state index contributed by atoms with van der Waals surface area (Å²) in [6, 6.07) is 4.87. The number of anilines is 1. The fourth-order valence-corrected chi connectivity index (χ4v) is 4.25. The van der Waals surface area contributed by atoms with E-state index in [4.69, 9.17) is 0 Å². The third-order valence-corrected chi connectivity index (χ3v) is 5.50. The van der Waals surface area contributed by atoms with E-state index in [0.29, 0.717) is 23.9 Å². The lowest BCUT2D eigenvalue weighted by molar-refractivity contribution is -0.274. The molecule has 2 aliphatic rings. The van der Waals surface area contributed by atoms with Crippen LogP contribution in [0.5, 0.6) is 5.75 Å². The Labute approximate surface area is 155 Å². The van der Waals surface area contributed by atoms with Gasteiger partial charge in [0.15, 0.2) is 0 Å². The van der Waals surface area contributed by atoms with Crippen LogP contribution < -0.4 is 10.1 Å². The summed E-state index contributed by atoms with van der Waals surface area (Å²) in [6.45, 7) is -0.0968. The van der Waals surface area contributed by atoms with Gasteiger partial charge in [-0.25, -0.2) is 0 Å². The smallest absolute Gasteiger partial charge is 0.406 e. The van der Waals surface area contributed by atoms with Gasteiger partial charge >= 0.3 is 6.36 Å². The highest BCUT2D eigenvalue weighted by atomic mass is 19.4. The highest BCUT2D eigenvalue weighted by Crippen LogP contribution is 2.49. The van der Waals surface area contributed by atoms with Crippen LogP contribution in [0.1, 0.15) is 32.1 Å². The van der Waals surface area contributed by atoms with Gasteiger partial charge in [0.1, 0.15) is 5.75 Å². The van der Waals surface area contributed by atoms with E-state index >= 15 is 0 Å². The van der Waals surface area contributed by atoms with E-state index in [0.717, 1.165) is 24.5 Å². The molecule has 3 rings (SSSR count). The van der Waals surface area contributed by atoms with Crippen molar-refractivity contribution in [2.75, 3.05) is 18.9 Å². The van der Waals surface area contributed by atoms with Gasteiger partial charge in [0.2, 0.25) is 11.8 Å². The predicted molar refractivity (Wildman–Crippen MR) is 92.9 cm³/mol. The van der Waals surface area contributed by atoms with Crippen molar-refractivity contribution in [3.05, 3.63) is 24.3 Å². The van der Waals surface area contributed by atoms with E-state index in [1.165, 1.54) is 36.3 Å². The van der Waals surface area contributed by atoms with Crippen molar-refractivity contribution < 1.29 is 27.5 Å². The van der Waals surface area contributed by atoms with Crippen LogP contribution in [-0.4, -0.2) is 36.7 Å². The minimum atomic E-state index is -4.76. The van der Waals surface area contributed by atoms with Gasteiger partial charge in [0, 0.05) is 19.2 Å². The maximum absolute atomic E-state index is 12.4. The molecule has 0 aliphatic heterocycles. The van der Waals surface area contributed by atoms with Gasteiger partial charge in [0.25, 0.3) is 0 Å². The van der Waals surface area contributed by atoms with E-state index in [-0.39, 0.29) is 18.2 Å². The first-order valence-electron chi connectivity index (χ1n) is 9.09. The van der Waals surface area contributed by atoms with Crippen molar-refractivity contribution in [2.24, 2.45) is 17.8 Å². The largest absolute Gasteiger partial charge is 0.573 e. The molecule has 2 saturated carbocycles. The van der Waals surface area contributed by atoms with Crippen molar-refractivity contribution in [1.82, 2.24) is 4.90 Å². The summed E-state index contributed by atoms with van der Waals surface area (Å²) in [5.74, 6) is 1.05. The molecule has 5 nitrogen and oxygen atoms in total. The second-order valence-electron chi connectivity index (χ2n) is 7.51. The molecule has 0 saturated heterocycles. The van der Waals surface area contributed by atoms with E-state index in [1.54, 1.807) is 7.05 Å². The highest BCUT2D eigenvalue weighted by Gasteiger charge is 2.40.